The summed E-state index contributed by atoms with van der Waals surface area (Å²) in [5.74, 6) is -0.871. The Labute approximate surface area is 137 Å². The van der Waals surface area contributed by atoms with Crippen molar-refractivity contribution in [2.75, 3.05) is 11.5 Å². The third-order valence-corrected chi connectivity index (χ3v) is 6.94. The van der Waals surface area contributed by atoms with E-state index in [9.17, 15) is 13.2 Å². The van der Waals surface area contributed by atoms with E-state index in [4.69, 9.17) is 10.8 Å². The predicted molar refractivity (Wildman–Crippen MR) is 88.3 cm³/mol. The zero-order chi connectivity index (χ0) is 16.3. The van der Waals surface area contributed by atoms with Crippen molar-refractivity contribution in [2.45, 2.75) is 29.5 Å². The van der Waals surface area contributed by atoms with Gasteiger partial charge in [0.2, 0.25) is 0 Å². The Hall–Kier alpha value is -0.570. The number of carbonyl (C=O) groups is 1. The van der Waals surface area contributed by atoms with Crippen LogP contribution in [0.3, 0.4) is 0 Å². The van der Waals surface area contributed by atoms with Gasteiger partial charge in [-0.25, -0.2) is 8.42 Å². The van der Waals surface area contributed by atoms with E-state index in [1.807, 2.05) is 0 Å². The molecule has 0 bridgehead atoms. The fourth-order valence-corrected chi connectivity index (χ4v) is 4.63. The summed E-state index contributed by atoms with van der Waals surface area (Å²) >= 11 is 4.50. The molecule has 0 aliphatic carbocycles. The van der Waals surface area contributed by atoms with E-state index in [2.05, 4.69) is 15.9 Å². The highest BCUT2D eigenvalue weighted by atomic mass is 79.9. The van der Waals surface area contributed by atoms with Crippen LogP contribution in [0.25, 0.3) is 0 Å². The molecule has 0 amide bonds. The van der Waals surface area contributed by atoms with Crippen LogP contribution in [0.15, 0.2) is 33.6 Å². The number of hydrogen-bond acceptors (Lipinski definition) is 5. The highest BCUT2D eigenvalue weighted by Crippen LogP contribution is 2.28. The molecule has 0 fully saturated rings. The van der Waals surface area contributed by atoms with Gasteiger partial charge in [0.05, 0.1) is 10.6 Å². The van der Waals surface area contributed by atoms with Gasteiger partial charge in [-0.15, -0.1) is 0 Å². The molecule has 1 atom stereocenters. The molecule has 0 aliphatic heterocycles. The molecule has 0 aliphatic rings. The van der Waals surface area contributed by atoms with Crippen LogP contribution in [0.4, 0.5) is 0 Å². The molecule has 21 heavy (non-hydrogen) atoms. The fourth-order valence-electron chi connectivity index (χ4n) is 1.56. The van der Waals surface area contributed by atoms with Gasteiger partial charge in [-0.05, 0) is 38.1 Å². The van der Waals surface area contributed by atoms with E-state index < -0.39 is 26.6 Å². The maximum atomic E-state index is 12.2. The Morgan fingerprint density at radius 2 is 1.90 bits per heavy atom. The number of benzene rings is 1. The first-order chi connectivity index (χ1) is 9.56. The lowest BCUT2D eigenvalue weighted by Crippen LogP contribution is -2.47. The maximum absolute atomic E-state index is 12.2. The summed E-state index contributed by atoms with van der Waals surface area (Å²) in [4.78, 5) is 11.2. The Balaban J connectivity index is 2.66. The van der Waals surface area contributed by atoms with E-state index in [1.165, 1.54) is 23.9 Å². The lowest BCUT2D eigenvalue weighted by Gasteiger charge is -2.27. The van der Waals surface area contributed by atoms with Gasteiger partial charge in [0.25, 0.3) is 0 Å². The van der Waals surface area contributed by atoms with E-state index in [-0.39, 0.29) is 16.4 Å². The van der Waals surface area contributed by atoms with Gasteiger partial charge in [0.15, 0.2) is 9.84 Å². The van der Waals surface area contributed by atoms with Gasteiger partial charge < -0.3 is 10.8 Å². The first-order valence-electron chi connectivity index (χ1n) is 6.17. The molecular formula is C13H18BrNO4S2. The van der Waals surface area contributed by atoms with Crippen molar-refractivity contribution in [1.29, 1.82) is 0 Å². The first kappa shape index (κ1) is 18.5. The molecule has 0 heterocycles. The molecule has 0 saturated heterocycles. The monoisotopic (exact) mass is 395 g/mol. The van der Waals surface area contributed by atoms with Crippen LogP contribution < -0.4 is 5.73 Å². The second-order valence-corrected chi connectivity index (χ2v) is 9.81. The second-order valence-electron chi connectivity index (χ2n) is 5.04. The Morgan fingerprint density at radius 1 is 1.38 bits per heavy atom. The predicted octanol–water partition coefficient (Wildman–Crippen LogP) is 2.15. The highest BCUT2D eigenvalue weighted by Gasteiger charge is 2.32. The van der Waals surface area contributed by atoms with Crippen molar-refractivity contribution < 1.29 is 18.3 Å². The molecule has 1 rings (SSSR count). The summed E-state index contributed by atoms with van der Waals surface area (Å²) < 4.78 is 24.4. The van der Waals surface area contributed by atoms with Crippen LogP contribution in [-0.4, -0.2) is 41.8 Å². The quantitative estimate of drug-likeness (QED) is 0.733. The zero-order valence-corrected chi connectivity index (χ0v) is 15.0. The third-order valence-electron chi connectivity index (χ3n) is 3.01. The fraction of sp³-hybridized carbons (Fsp3) is 0.462. The number of aliphatic carboxylic acids is 1. The largest absolute Gasteiger partial charge is 0.480 e. The van der Waals surface area contributed by atoms with E-state index in [0.29, 0.717) is 0 Å². The van der Waals surface area contributed by atoms with Crippen molar-refractivity contribution in [3.8, 4) is 0 Å². The summed E-state index contributed by atoms with van der Waals surface area (Å²) in [5.41, 5.74) is 5.60. The molecular weight excluding hydrogens is 378 g/mol. The number of nitrogens with two attached hydrogens (primary N) is 1. The van der Waals surface area contributed by atoms with E-state index in [1.54, 1.807) is 26.0 Å². The average Bonchev–Trinajstić information content (AvgIpc) is 2.37. The summed E-state index contributed by atoms with van der Waals surface area (Å²) in [6.45, 7) is 3.39. The van der Waals surface area contributed by atoms with Crippen LogP contribution in [0, 0.1) is 0 Å². The smallest absolute Gasteiger partial charge is 0.321 e. The number of hydrogen-bond donors (Lipinski definition) is 2. The first-order valence-corrected chi connectivity index (χ1v) is 9.60. The van der Waals surface area contributed by atoms with Gasteiger partial charge in [-0.2, -0.15) is 11.8 Å². The number of rotatable bonds is 7. The zero-order valence-electron chi connectivity index (χ0n) is 11.7. The van der Waals surface area contributed by atoms with Crippen molar-refractivity contribution in [3.05, 3.63) is 28.7 Å². The Kier molecular flexibility index (Phi) is 6.27. The van der Waals surface area contributed by atoms with Crippen LogP contribution in [0.1, 0.15) is 13.8 Å². The minimum Gasteiger partial charge on any atom is -0.480 e. The van der Waals surface area contributed by atoms with Crippen molar-refractivity contribution in [3.63, 3.8) is 0 Å². The van der Waals surface area contributed by atoms with Crippen molar-refractivity contribution >= 4 is 43.5 Å². The summed E-state index contributed by atoms with van der Waals surface area (Å²) in [6.07, 6.45) is 0. The SMILES string of the molecule is CC(C)(SCCS(=O)(=O)c1ccc(Br)cc1)[C@H](N)C(=O)O. The molecule has 8 heteroatoms. The van der Waals surface area contributed by atoms with Gasteiger partial charge in [-0.1, -0.05) is 15.9 Å². The second kappa shape index (κ2) is 7.13. The Morgan fingerprint density at radius 3 is 2.38 bits per heavy atom. The van der Waals surface area contributed by atoms with Gasteiger partial charge in [0.1, 0.15) is 6.04 Å². The molecule has 0 unspecified atom stereocenters. The minimum atomic E-state index is -3.38. The van der Waals surface area contributed by atoms with Crippen molar-refractivity contribution in [1.82, 2.24) is 0 Å². The molecule has 5 nitrogen and oxygen atoms in total. The number of sulfone groups is 1. The number of carboxylic acids is 1. The number of thioether (sulfide) groups is 1. The topological polar surface area (TPSA) is 97.5 Å². The molecule has 1 aromatic carbocycles. The normalized spacial score (nSPS) is 13.9. The van der Waals surface area contributed by atoms with Gasteiger partial charge in [0, 0.05) is 15.0 Å². The highest BCUT2D eigenvalue weighted by molar-refractivity contribution is 9.10. The Bertz CT molecular complexity index is 599. The van der Waals surface area contributed by atoms with E-state index in [0.717, 1.165) is 4.47 Å². The maximum Gasteiger partial charge on any atom is 0.321 e. The molecule has 0 radical (unpaired) electrons. The van der Waals surface area contributed by atoms with Crippen molar-refractivity contribution in [2.24, 2.45) is 5.73 Å². The summed E-state index contributed by atoms with van der Waals surface area (Å²) in [5, 5.41) is 8.92. The number of halogens is 1. The van der Waals surface area contributed by atoms with Gasteiger partial charge in [-0.3, -0.25) is 4.79 Å². The van der Waals surface area contributed by atoms with Crippen LogP contribution in [-0.2, 0) is 14.6 Å². The average molecular weight is 396 g/mol. The van der Waals surface area contributed by atoms with Crippen LogP contribution >= 0.6 is 27.7 Å². The molecule has 118 valence electrons. The third kappa shape index (κ3) is 5.28. The molecule has 0 spiro atoms. The van der Waals surface area contributed by atoms with Gasteiger partial charge >= 0.3 is 5.97 Å². The minimum absolute atomic E-state index is 0.0604. The molecule has 1 aromatic rings. The van der Waals surface area contributed by atoms with E-state index >= 15 is 0 Å². The molecule has 0 saturated carbocycles. The van der Waals surface area contributed by atoms with Crippen LogP contribution in [0.2, 0.25) is 0 Å². The lowest BCUT2D eigenvalue weighted by atomic mass is 10.1. The standard InChI is InChI=1S/C13H18BrNO4S2/c1-13(2,11(15)12(16)17)20-7-8-21(18,19)10-5-3-9(14)4-6-10/h3-6,11H,7-8,15H2,1-2H3,(H,16,17)/t11-/m1/s1. The van der Waals surface area contributed by atoms with Crippen LogP contribution in [0.5, 0.6) is 0 Å². The summed E-state index contributed by atoms with van der Waals surface area (Å²) in [7, 11) is -3.38. The molecule has 0 aromatic heterocycles. The number of carboxylic acid groups (broad SMARTS) is 1. The molecule has 3 N–H and O–H groups in total. The lowest BCUT2D eigenvalue weighted by molar-refractivity contribution is -0.139. The summed E-state index contributed by atoms with van der Waals surface area (Å²) in [6, 6.07) is 5.38.